The first-order chi connectivity index (χ1) is 31.2. The van der Waals surface area contributed by atoms with Crippen LogP contribution in [0.15, 0.2) is 97.3 Å². The average Bonchev–Trinajstić information content (AvgIpc) is 3.90. The highest BCUT2D eigenvalue weighted by Gasteiger charge is 2.21. The van der Waals surface area contributed by atoms with E-state index in [1.165, 1.54) is 19.3 Å². The van der Waals surface area contributed by atoms with Gasteiger partial charge in [-0.2, -0.15) is 9.97 Å². The first-order valence-electron chi connectivity index (χ1n) is 21.2. The predicted octanol–water partition coefficient (Wildman–Crippen LogP) is 11.5. The van der Waals surface area contributed by atoms with Gasteiger partial charge < -0.3 is 25.4 Å². The quantitative estimate of drug-likeness (QED) is 0.121. The second kappa shape index (κ2) is 19.6. The van der Waals surface area contributed by atoms with Gasteiger partial charge in [-0.25, -0.2) is 19.9 Å². The maximum absolute atomic E-state index is 6.32. The summed E-state index contributed by atoms with van der Waals surface area (Å²) in [7, 11) is 3.28. The first-order valence-corrected chi connectivity index (χ1v) is 22.7. The summed E-state index contributed by atoms with van der Waals surface area (Å²) < 4.78 is 14.8. The van der Waals surface area contributed by atoms with Crippen LogP contribution in [0.25, 0.3) is 56.5 Å². The van der Waals surface area contributed by atoms with Crippen molar-refractivity contribution in [2.24, 2.45) is 0 Å². The van der Waals surface area contributed by atoms with Crippen molar-refractivity contribution in [2.75, 3.05) is 37.9 Å². The predicted molar refractivity (Wildman–Crippen MR) is 257 cm³/mol. The van der Waals surface area contributed by atoms with Crippen LogP contribution in [-0.2, 0) is 0 Å². The molecule has 1 aliphatic carbocycles. The number of anilines is 2. The molecule has 5 heterocycles. The molecule has 1 aliphatic heterocycles. The summed E-state index contributed by atoms with van der Waals surface area (Å²) in [6.07, 6.45) is 11.8. The lowest BCUT2D eigenvalue weighted by Gasteiger charge is -2.23. The molecule has 4 aromatic carbocycles. The molecule has 0 spiro atoms. The Morgan fingerprint density at radius 1 is 0.547 bits per heavy atom. The number of methoxy groups -OCH3 is 2. The number of benzene rings is 4. The number of piperidine rings is 1. The normalized spacial score (nSPS) is 15.4. The van der Waals surface area contributed by atoms with Crippen LogP contribution in [0.5, 0.6) is 11.5 Å². The molecule has 2 aliphatic rings. The molecule has 4 aromatic heterocycles. The molecule has 0 radical (unpaired) electrons. The number of hydrogen-bond donors (Lipinski definition) is 3. The van der Waals surface area contributed by atoms with Gasteiger partial charge in [-0.3, -0.25) is 9.13 Å². The fraction of sp³-hybridized carbons (Fsp3) is 0.277. The molecule has 0 amide bonds. The van der Waals surface area contributed by atoms with E-state index in [4.69, 9.17) is 75.8 Å². The molecule has 0 bridgehead atoms. The van der Waals surface area contributed by atoms with E-state index in [1.807, 2.05) is 81.9 Å². The van der Waals surface area contributed by atoms with Crippen LogP contribution >= 0.6 is 46.4 Å². The van der Waals surface area contributed by atoms with Crippen molar-refractivity contribution in [2.45, 2.75) is 57.0 Å². The average molecular weight is 938 g/mol. The molecule has 10 rings (SSSR count). The Hall–Kier alpha value is -5.70. The van der Waals surface area contributed by atoms with Crippen molar-refractivity contribution >= 4 is 80.4 Å². The van der Waals surface area contributed by atoms with Gasteiger partial charge in [-0.1, -0.05) is 65.7 Å². The monoisotopic (exact) mass is 935 g/mol. The van der Waals surface area contributed by atoms with E-state index >= 15 is 0 Å². The maximum Gasteiger partial charge on any atom is 0.224 e. The molecule has 64 heavy (non-hydrogen) atoms. The SMILES string of the molecule is COc1ccc2c(c1)nc(-c1ccc(Cl)c(Cl)c1)n2-c1ccnc(NC2CCCCC2)n1.COc1ccc2c(c1)nc(-c1ccc(Cl)c(Cl)c1)n2-c1ccnc(N[C@H]2CCCNC2)n1. The summed E-state index contributed by atoms with van der Waals surface area (Å²) in [6, 6.07) is 27.1. The van der Waals surface area contributed by atoms with E-state index in [0.29, 0.717) is 61.5 Å². The van der Waals surface area contributed by atoms with Crippen molar-refractivity contribution < 1.29 is 9.47 Å². The highest BCUT2D eigenvalue weighted by Crippen LogP contribution is 2.35. The summed E-state index contributed by atoms with van der Waals surface area (Å²) >= 11 is 24.9. The van der Waals surface area contributed by atoms with Crippen LogP contribution in [0.3, 0.4) is 0 Å². The molecule has 1 saturated heterocycles. The van der Waals surface area contributed by atoms with Crippen molar-refractivity contribution in [3.05, 3.63) is 117 Å². The summed E-state index contributed by atoms with van der Waals surface area (Å²) in [5.41, 5.74) is 5.07. The molecule has 8 aromatic rings. The summed E-state index contributed by atoms with van der Waals surface area (Å²) in [6.45, 7) is 1.95. The highest BCUT2D eigenvalue weighted by atomic mass is 35.5. The van der Waals surface area contributed by atoms with E-state index in [-0.39, 0.29) is 0 Å². The third-order valence-electron chi connectivity index (χ3n) is 11.4. The lowest BCUT2D eigenvalue weighted by atomic mass is 9.96. The van der Waals surface area contributed by atoms with Crippen LogP contribution in [0.1, 0.15) is 44.9 Å². The fourth-order valence-corrected chi connectivity index (χ4v) is 8.77. The number of rotatable bonds is 10. The summed E-state index contributed by atoms with van der Waals surface area (Å²) in [5, 5.41) is 12.3. The number of fused-ring (bicyclic) bond motifs is 2. The standard InChI is InChI=1S/C24H23Cl2N5O.C23H22Cl2N6O/c1-32-17-8-10-21-20(14-17)29-23(15-7-9-18(25)19(26)13-15)31(21)22-11-12-27-24(30-22)28-16-5-3-2-4-6-16;1-32-16-5-7-20-19(12-16)29-22(14-4-6-17(24)18(25)11-14)31(20)21-8-10-27-23(30-21)28-15-3-2-9-26-13-15/h7-14,16H,2-6H2,1H3,(H,27,28,30);4-8,10-12,15,26H,2-3,9,13H2,1H3,(H,27,28,30)/t;15-/m.0/s1. The lowest BCUT2D eigenvalue weighted by Crippen LogP contribution is -2.38. The number of aromatic nitrogens is 8. The molecular weight excluding hydrogens is 892 g/mol. The van der Waals surface area contributed by atoms with E-state index in [9.17, 15) is 0 Å². The second-order valence-electron chi connectivity index (χ2n) is 15.7. The minimum atomic E-state index is 0.303. The zero-order chi connectivity index (χ0) is 44.2. The van der Waals surface area contributed by atoms with E-state index < -0.39 is 0 Å². The van der Waals surface area contributed by atoms with Crippen LogP contribution in [0.2, 0.25) is 20.1 Å². The van der Waals surface area contributed by atoms with Crippen LogP contribution < -0.4 is 25.4 Å². The zero-order valence-electron chi connectivity index (χ0n) is 35.2. The van der Waals surface area contributed by atoms with Crippen molar-refractivity contribution in [1.29, 1.82) is 0 Å². The minimum Gasteiger partial charge on any atom is -0.497 e. The Kier molecular flexibility index (Phi) is 13.3. The Balaban J connectivity index is 0.000000162. The summed E-state index contributed by atoms with van der Waals surface area (Å²) in [5.74, 6) is 5.55. The molecule has 13 nitrogen and oxygen atoms in total. The van der Waals surface area contributed by atoms with Gasteiger partial charge in [-0.15, -0.1) is 0 Å². The number of hydrogen-bond acceptors (Lipinski definition) is 11. The van der Waals surface area contributed by atoms with Gasteiger partial charge in [0.2, 0.25) is 11.9 Å². The molecule has 0 unspecified atom stereocenters. The third-order valence-corrected chi connectivity index (χ3v) is 12.9. The third kappa shape index (κ3) is 9.55. The van der Waals surface area contributed by atoms with Crippen molar-refractivity contribution in [3.63, 3.8) is 0 Å². The molecule has 3 N–H and O–H groups in total. The van der Waals surface area contributed by atoms with Crippen molar-refractivity contribution in [3.8, 4) is 45.9 Å². The molecular formula is C47H45Cl4N11O2. The van der Waals surface area contributed by atoms with Gasteiger partial charge in [0, 0.05) is 54.3 Å². The number of halogens is 4. The Morgan fingerprint density at radius 3 is 1.52 bits per heavy atom. The number of ether oxygens (including phenoxy) is 2. The van der Waals surface area contributed by atoms with Crippen LogP contribution in [0, 0.1) is 0 Å². The topological polar surface area (TPSA) is 142 Å². The van der Waals surface area contributed by atoms with E-state index in [2.05, 4.69) is 25.9 Å². The van der Waals surface area contributed by atoms with Gasteiger partial charge in [-0.05, 0) is 105 Å². The van der Waals surface area contributed by atoms with Gasteiger partial charge in [0.15, 0.2) is 0 Å². The Morgan fingerprint density at radius 2 is 1.05 bits per heavy atom. The van der Waals surface area contributed by atoms with E-state index in [1.54, 1.807) is 38.7 Å². The molecule has 17 heteroatoms. The largest absolute Gasteiger partial charge is 0.497 e. The number of nitrogens with one attached hydrogen (secondary N) is 3. The minimum absolute atomic E-state index is 0.303. The molecule has 1 atom stereocenters. The highest BCUT2D eigenvalue weighted by molar-refractivity contribution is 6.42. The number of nitrogens with zero attached hydrogens (tertiary/aromatic N) is 8. The zero-order valence-corrected chi connectivity index (χ0v) is 38.2. The molecule has 1 saturated carbocycles. The van der Waals surface area contributed by atoms with E-state index in [0.717, 1.165) is 89.3 Å². The smallest absolute Gasteiger partial charge is 0.224 e. The molecule has 2 fully saturated rings. The summed E-state index contributed by atoms with van der Waals surface area (Å²) in [4.78, 5) is 28.3. The van der Waals surface area contributed by atoms with Gasteiger partial charge in [0.1, 0.15) is 34.8 Å². The van der Waals surface area contributed by atoms with Gasteiger partial charge >= 0.3 is 0 Å². The maximum atomic E-state index is 6.32. The van der Waals surface area contributed by atoms with Crippen molar-refractivity contribution in [1.82, 2.24) is 44.4 Å². The Bertz CT molecular complexity index is 2730. The first kappa shape index (κ1) is 43.5. The van der Waals surface area contributed by atoms with Crippen LogP contribution in [-0.4, -0.2) is 78.4 Å². The van der Waals surface area contributed by atoms with Gasteiger partial charge in [0.25, 0.3) is 0 Å². The number of imidazole rings is 2. The lowest BCUT2D eigenvalue weighted by molar-refractivity contribution is 0.415. The fourth-order valence-electron chi connectivity index (χ4n) is 8.17. The van der Waals surface area contributed by atoms with Crippen LogP contribution in [0.4, 0.5) is 11.9 Å². The second-order valence-corrected chi connectivity index (χ2v) is 17.3. The van der Waals surface area contributed by atoms with Gasteiger partial charge in [0.05, 0.1) is 56.4 Å². The Labute approximate surface area is 390 Å². The molecule has 328 valence electrons.